The third-order valence-corrected chi connectivity index (χ3v) is 6.81. The van der Waals surface area contributed by atoms with Gasteiger partial charge in [-0.15, -0.1) is 0 Å². The molecule has 0 unspecified atom stereocenters. The van der Waals surface area contributed by atoms with Crippen LogP contribution in [-0.2, 0) is 22.6 Å². The van der Waals surface area contributed by atoms with Crippen molar-refractivity contribution in [2.75, 3.05) is 13.2 Å². The number of carbonyl (C=O) groups is 2. The van der Waals surface area contributed by atoms with E-state index in [1.807, 2.05) is 68.4 Å². The van der Waals surface area contributed by atoms with Crippen LogP contribution in [0.3, 0.4) is 0 Å². The number of hydrogen-bond acceptors (Lipinski definition) is 3. The largest absolute Gasteiger partial charge is 0.484 e. The highest BCUT2D eigenvalue weighted by atomic mass is 35.5. The van der Waals surface area contributed by atoms with E-state index in [4.69, 9.17) is 27.9 Å². The fourth-order valence-corrected chi connectivity index (χ4v) is 4.46. The van der Waals surface area contributed by atoms with Gasteiger partial charge in [0.2, 0.25) is 5.91 Å². The fraction of sp³-hybridized carbons (Fsp3) is 0.355. The summed E-state index contributed by atoms with van der Waals surface area (Å²) in [6.07, 6.45) is 0.352. The van der Waals surface area contributed by atoms with Crippen molar-refractivity contribution in [3.63, 3.8) is 0 Å². The van der Waals surface area contributed by atoms with Gasteiger partial charge >= 0.3 is 0 Å². The van der Waals surface area contributed by atoms with Crippen LogP contribution in [0.4, 0.5) is 0 Å². The Bertz CT molecular complexity index is 1200. The maximum absolute atomic E-state index is 13.7. The molecule has 0 fully saturated rings. The van der Waals surface area contributed by atoms with Crippen molar-refractivity contribution in [2.45, 2.75) is 52.6 Å². The van der Waals surface area contributed by atoms with Gasteiger partial charge in [-0.2, -0.15) is 0 Å². The number of nitrogens with one attached hydrogen (secondary N) is 1. The summed E-state index contributed by atoms with van der Waals surface area (Å²) in [5.74, 6) is 0.722. The van der Waals surface area contributed by atoms with E-state index in [0.717, 1.165) is 5.56 Å². The number of amides is 2. The Morgan fingerprint density at radius 3 is 2.21 bits per heavy atom. The molecule has 0 aliphatic carbocycles. The molecule has 3 aromatic rings. The summed E-state index contributed by atoms with van der Waals surface area (Å²) in [5.41, 5.74) is 2.83. The minimum Gasteiger partial charge on any atom is -0.484 e. The molecule has 3 rings (SSSR count). The van der Waals surface area contributed by atoms with Crippen molar-refractivity contribution in [3.05, 3.63) is 99.5 Å². The lowest BCUT2D eigenvalue weighted by atomic mass is 10.0. The monoisotopic (exact) mass is 554 g/mol. The molecule has 0 aliphatic heterocycles. The van der Waals surface area contributed by atoms with Crippen molar-refractivity contribution in [2.24, 2.45) is 5.92 Å². The number of rotatable bonds is 12. The van der Waals surface area contributed by atoms with Gasteiger partial charge in [-0.3, -0.25) is 9.59 Å². The van der Waals surface area contributed by atoms with Crippen LogP contribution in [0, 0.1) is 5.92 Å². The van der Waals surface area contributed by atoms with Crippen molar-refractivity contribution < 1.29 is 14.3 Å². The lowest BCUT2D eigenvalue weighted by Crippen LogP contribution is -2.52. The summed E-state index contributed by atoms with van der Waals surface area (Å²) in [4.78, 5) is 28.8. The lowest BCUT2D eigenvalue weighted by Gasteiger charge is -2.32. The first-order valence-electron chi connectivity index (χ1n) is 12.9. The zero-order valence-corrected chi connectivity index (χ0v) is 23.9. The van der Waals surface area contributed by atoms with Crippen molar-refractivity contribution in [1.82, 2.24) is 10.2 Å². The van der Waals surface area contributed by atoms with Crippen molar-refractivity contribution in [3.8, 4) is 5.75 Å². The minimum atomic E-state index is -0.762. The number of ether oxygens (including phenoxy) is 1. The topological polar surface area (TPSA) is 58.6 Å². The van der Waals surface area contributed by atoms with Crippen LogP contribution in [0.1, 0.15) is 50.3 Å². The maximum Gasteiger partial charge on any atom is 0.261 e. The van der Waals surface area contributed by atoms with Gasteiger partial charge in [0.15, 0.2) is 6.61 Å². The number of halogens is 2. The second-order valence-electron chi connectivity index (χ2n) is 10.1. The molecule has 3 aromatic carbocycles. The Labute approximate surface area is 236 Å². The van der Waals surface area contributed by atoms with E-state index in [1.165, 1.54) is 5.56 Å². The number of hydrogen-bond donors (Lipinski definition) is 1. The van der Waals surface area contributed by atoms with Gasteiger partial charge in [-0.1, -0.05) is 99.4 Å². The zero-order chi connectivity index (χ0) is 27.7. The molecule has 0 bridgehead atoms. The minimum absolute atomic E-state index is 0.136. The maximum atomic E-state index is 13.7. The van der Waals surface area contributed by atoms with Crippen LogP contribution in [0.15, 0.2) is 72.8 Å². The molecule has 7 heteroatoms. The summed E-state index contributed by atoms with van der Waals surface area (Å²) < 4.78 is 5.87. The summed E-state index contributed by atoms with van der Waals surface area (Å²) in [6.45, 7) is 8.73. The Morgan fingerprint density at radius 1 is 0.921 bits per heavy atom. The van der Waals surface area contributed by atoms with E-state index >= 15 is 0 Å². The van der Waals surface area contributed by atoms with E-state index in [1.54, 1.807) is 23.1 Å². The Hall–Kier alpha value is -3.02. The standard InChI is InChI=1S/C31H36Cl2N2O3/c1-21(2)18-34-31(37)29(16-23-8-6-5-7-9-23)35(19-25-10-13-26(32)17-28(25)33)30(36)20-38-27-14-11-24(12-15-27)22(3)4/h5-15,17,21-22,29H,16,18-20H2,1-4H3,(H,34,37)/t29-/m1/s1. The molecule has 5 nitrogen and oxygen atoms in total. The molecule has 1 atom stereocenters. The van der Waals surface area contributed by atoms with Gasteiger partial charge in [0, 0.05) is 29.6 Å². The quantitative estimate of drug-likeness (QED) is 0.264. The first kappa shape index (κ1) is 29.5. The van der Waals surface area contributed by atoms with Crippen LogP contribution in [-0.4, -0.2) is 35.9 Å². The SMILES string of the molecule is CC(C)CNC(=O)[C@@H](Cc1ccccc1)N(Cc1ccc(Cl)cc1Cl)C(=O)COc1ccc(C(C)C)cc1. The van der Waals surface area contributed by atoms with Gasteiger partial charge < -0.3 is 15.0 Å². The molecule has 0 saturated heterocycles. The highest BCUT2D eigenvalue weighted by Crippen LogP contribution is 2.25. The summed E-state index contributed by atoms with van der Waals surface area (Å²) >= 11 is 12.6. The van der Waals surface area contributed by atoms with Gasteiger partial charge in [-0.05, 0) is 52.8 Å². The normalized spacial score (nSPS) is 11.9. The van der Waals surface area contributed by atoms with Gasteiger partial charge in [0.25, 0.3) is 5.91 Å². The van der Waals surface area contributed by atoms with Crippen LogP contribution in [0.2, 0.25) is 10.0 Å². The molecule has 1 N–H and O–H groups in total. The summed E-state index contributed by atoms with van der Waals surface area (Å²) in [5, 5.41) is 3.94. The van der Waals surface area contributed by atoms with Crippen LogP contribution >= 0.6 is 23.2 Å². The van der Waals surface area contributed by atoms with E-state index in [9.17, 15) is 9.59 Å². The molecule has 38 heavy (non-hydrogen) atoms. The Kier molecular flexibility index (Phi) is 11.1. The average molecular weight is 556 g/mol. The van der Waals surface area contributed by atoms with Crippen LogP contribution < -0.4 is 10.1 Å². The Morgan fingerprint density at radius 2 is 1.61 bits per heavy atom. The highest BCUT2D eigenvalue weighted by molar-refractivity contribution is 6.35. The Balaban J connectivity index is 1.90. The predicted octanol–water partition coefficient (Wildman–Crippen LogP) is 6.91. The fourth-order valence-electron chi connectivity index (χ4n) is 3.99. The lowest BCUT2D eigenvalue weighted by molar-refractivity contribution is -0.142. The molecule has 202 valence electrons. The summed E-state index contributed by atoms with van der Waals surface area (Å²) in [7, 11) is 0. The number of benzene rings is 3. The van der Waals surface area contributed by atoms with Crippen LogP contribution in [0.5, 0.6) is 5.75 Å². The van der Waals surface area contributed by atoms with E-state index in [0.29, 0.717) is 40.2 Å². The first-order chi connectivity index (χ1) is 18.1. The van der Waals surface area contributed by atoms with Gasteiger partial charge in [0.05, 0.1) is 0 Å². The molecule has 0 saturated carbocycles. The second kappa shape index (κ2) is 14.2. The average Bonchev–Trinajstić information content (AvgIpc) is 2.89. The van der Waals surface area contributed by atoms with E-state index in [-0.39, 0.29) is 30.9 Å². The predicted molar refractivity (Wildman–Crippen MR) is 155 cm³/mol. The van der Waals surface area contributed by atoms with Crippen molar-refractivity contribution in [1.29, 1.82) is 0 Å². The molecular formula is C31H36Cl2N2O3. The molecule has 0 aliphatic rings. The molecule has 0 aromatic heterocycles. The molecule has 0 spiro atoms. The molecular weight excluding hydrogens is 519 g/mol. The van der Waals surface area contributed by atoms with Crippen LogP contribution in [0.25, 0.3) is 0 Å². The third kappa shape index (κ3) is 8.78. The number of nitrogens with zero attached hydrogens (tertiary/aromatic N) is 1. The smallest absolute Gasteiger partial charge is 0.261 e. The molecule has 0 radical (unpaired) electrons. The van der Waals surface area contributed by atoms with E-state index < -0.39 is 6.04 Å². The molecule has 2 amide bonds. The van der Waals surface area contributed by atoms with Gasteiger partial charge in [-0.25, -0.2) is 0 Å². The van der Waals surface area contributed by atoms with E-state index in [2.05, 4.69) is 19.2 Å². The second-order valence-corrected chi connectivity index (χ2v) is 11.0. The summed E-state index contributed by atoms with van der Waals surface area (Å²) in [6, 6.07) is 21.8. The highest BCUT2D eigenvalue weighted by Gasteiger charge is 2.31. The molecule has 0 heterocycles. The van der Waals surface area contributed by atoms with Gasteiger partial charge in [0.1, 0.15) is 11.8 Å². The zero-order valence-electron chi connectivity index (χ0n) is 22.4. The third-order valence-electron chi connectivity index (χ3n) is 6.22. The van der Waals surface area contributed by atoms with Crippen molar-refractivity contribution >= 4 is 35.0 Å². The number of carbonyl (C=O) groups excluding carboxylic acids is 2. The first-order valence-corrected chi connectivity index (χ1v) is 13.7.